The van der Waals surface area contributed by atoms with E-state index in [1.807, 2.05) is 36.4 Å². The zero-order valence-electron chi connectivity index (χ0n) is 13.9. The number of nitrogens with zero attached hydrogens (tertiary/aromatic N) is 3. The zero-order valence-corrected chi connectivity index (χ0v) is 13.9. The highest BCUT2D eigenvalue weighted by Gasteiger charge is 2.07. The largest absolute Gasteiger partial charge is 0.350 e. The lowest BCUT2D eigenvalue weighted by Gasteiger charge is -2.08. The highest BCUT2D eigenvalue weighted by atomic mass is 16.1. The molecule has 0 aliphatic rings. The van der Waals surface area contributed by atoms with Crippen LogP contribution < -0.4 is 10.9 Å². The summed E-state index contributed by atoms with van der Waals surface area (Å²) in [6.45, 7) is 0.590. The van der Waals surface area contributed by atoms with Crippen LogP contribution in [-0.2, 0) is 6.54 Å². The molecule has 0 unspecified atom stereocenters. The number of nitrogens with one attached hydrogen (secondary N) is 1. The predicted octanol–water partition coefficient (Wildman–Crippen LogP) is 2.21. The first kappa shape index (κ1) is 17.1. The van der Waals surface area contributed by atoms with Gasteiger partial charge in [-0.2, -0.15) is 5.26 Å². The molecule has 0 bridgehead atoms. The van der Waals surface area contributed by atoms with E-state index in [1.165, 1.54) is 23.0 Å². The van der Waals surface area contributed by atoms with Crippen LogP contribution in [-0.4, -0.2) is 22.0 Å². The lowest BCUT2D eigenvalue weighted by Crippen LogP contribution is -2.30. The van der Waals surface area contributed by atoms with Crippen LogP contribution in [0.1, 0.15) is 15.9 Å². The van der Waals surface area contributed by atoms with E-state index in [1.54, 1.807) is 18.2 Å². The highest BCUT2D eigenvalue weighted by Crippen LogP contribution is 2.13. The standard InChI is InChI=1S/C20H16N4O2/c21-13-15-5-4-8-17(11-15)20(26)22-9-10-24-14-23-18(12-19(24)25)16-6-2-1-3-7-16/h1-8,11-12,14H,9-10H2,(H,22,26). The summed E-state index contributed by atoms with van der Waals surface area (Å²) in [5, 5.41) is 11.6. The van der Waals surface area contributed by atoms with Crippen molar-refractivity contribution in [3.8, 4) is 17.3 Å². The second-order valence-electron chi connectivity index (χ2n) is 5.62. The molecule has 6 heteroatoms. The second-order valence-corrected chi connectivity index (χ2v) is 5.62. The number of benzene rings is 2. The topological polar surface area (TPSA) is 87.8 Å². The fourth-order valence-corrected chi connectivity index (χ4v) is 2.48. The van der Waals surface area contributed by atoms with Gasteiger partial charge < -0.3 is 5.32 Å². The van der Waals surface area contributed by atoms with Crippen LogP contribution in [0.3, 0.4) is 0 Å². The van der Waals surface area contributed by atoms with Gasteiger partial charge in [-0.25, -0.2) is 4.98 Å². The van der Waals surface area contributed by atoms with E-state index in [9.17, 15) is 9.59 Å². The minimum absolute atomic E-state index is 0.181. The molecule has 0 aliphatic heterocycles. The van der Waals surface area contributed by atoms with Crippen molar-refractivity contribution < 1.29 is 4.79 Å². The van der Waals surface area contributed by atoms with Crippen LogP contribution in [0.15, 0.2) is 71.8 Å². The molecule has 0 fully saturated rings. The van der Waals surface area contributed by atoms with Crippen molar-refractivity contribution in [2.24, 2.45) is 0 Å². The van der Waals surface area contributed by atoms with Crippen molar-refractivity contribution in [2.75, 3.05) is 6.54 Å². The Hall–Kier alpha value is -3.72. The van der Waals surface area contributed by atoms with Gasteiger partial charge in [0.25, 0.3) is 11.5 Å². The molecule has 26 heavy (non-hydrogen) atoms. The Bertz CT molecular complexity index is 1020. The number of carbonyl (C=O) groups excluding carboxylic acids is 1. The number of nitriles is 1. The minimum Gasteiger partial charge on any atom is -0.350 e. The van der Waals surface area contributed by atoms with Crippen LogP contribution in [0, 0.1) is 11.3 Å². The molecule has 0 saturated carbocycles. The Morgan fingerprint density at radius 3 is 2.65 bits per heavy atom. The first-order chi connectivity index (χ1) is 12.7. The van der Waals surface area contributed by atoms with Crippen LogP contribution >= 0.6 is 0 Å². The van der Waals surface area contributed by atoms with Crippen LogP contribution in [0.25, 0.3) is 11.3 Å². The fraction of sp³-hybridized carbons (Fsp3) is 0.100. The molecule has 1 N–H and O–H groups in total. The lowest BCUT2D eigenvalue weighted by atomic mass is 10.1. The van der Waals surface area contributed by atoms with Gasteiger partial charge in [-0.1, -0.05) is 36.4 Å². The third kappa shape index (κ3) is 4.02. The summed E-state index contributed by atoms with van der Waals surface area (Å²) in [5.74, 6) is -0.288. The average Bonchev–Trinajstić information content (AvgIpc) is 2.69. The van der Waals surface area contributed by atoms with Gasteiger partial charge in [0.05, 0.1) is 23.7 Å². The Labute approximate surface area is 150 Å². The number of carbonyl (C=O) groups is 1. The first-order valence-corrected chi connectivity index (χ1v) is 8.07. The summed E-state index contributed by atoms with van der Waals surface area (Å²) in [6, 6.07) is 19.4. The number of hydrogen-bond acceptors (Lipinski definition) is 4. The number of aromatic nitrogens is 2. The Morgan fingerprint density at radius 2 is 1.92 bits per heavy atom. The maximum absolute atomic E-state index is 12.2. The zero-order chi connectivity index (χ0) is 18.4. The van der Waals surface area contributed by atoms with E-state index in [0.29, 0.717) is 23.4 Å². The fourth-order valence-electron chi connectivity index (χ4n) is 2.48. The molecule has 0 aliphatic carbocycles. The molecule has 2 aromatic carbocycles. The number of hydrogen-bond donors (Lipinski definition) is 1. The summed E-state index contributed by atoms with van der Waals surface area (Å²) < 4.78 is 1.44. The molecule has 1 aromatic heterocycles. The summed E-state index contributed by atoms with van der Waals surface area (Å²) in [7, 11) is 0. The normalized spacial score (nSPS) is 10.1. The molecule has 0 radical (unpaired) electrons. The Kier molecular flexibility index (Phi) is 5.20. The lowest BCUT2D eigenvalue weighted by molar-refractivity contribution is 0.0952. The molecule has 0 saturated heterocycles. The van der Waals surface area contributed by atoms with Gasteiger partial charge in [-0.3, -0.25) is 14.2 Å². The Balaban J connectivity index is 1.62. The molecule has 0 spiro atoms. The molecule has 1 amide bonds. The second kappa shape index (κ2) is 7.90. The van der Waals surface area contributed by atoms with Gasteiger partial charge in [-0.15, -0.1) is 0 Å². The van der Waals surface area contributed by atoms with Gasteiger partial charge in [0.1, 0.15) is 0 Å². The third-order valence-electron chi connectivity index (χ3n) is 3.84. The Morgan fingerprint density at radius 1 is 1.12 bits per heavy atom. The van der Waals surface area contributed by atoms with Gasteiger partial charge in [0.2, 0.25) is 0 Å². The first-order valence-electron chi connectivity index (χ1n) is 8.07. The minimum atomic E-state index is -0.288. The monoisotopic (exact) mass is 344 g/mol. The predicted molar refractivity (Wildman–Crippen MR) is 97.4 cm³/mol. The SMILES string of the molecule is N#Cc1cccc(C(=O)NCCn2cnc(-c3ccccc3)cc2=O)c1. The molecule has 0 atom stereocenters. The van der Waals surface area contributed by atoms with E-state index < -0.39 is 0 Å². The van der Waals surface area contributed by atoms with Crippen LogP contribution in [0.4, 0.5) is 0 Å². The molecule has 3 aromatic rings. The smallest absolute Gasteiger partial charge is 0.253 e. The molecule has 128 valence electrons. The van der Waals surface area contributed by atoms with Crippen molar-refractivity contribution in [1.29, 1.82) is 5.26 Å². The molecular formula is C20H16N4O2. The van der Waals surface area contributed by atoms with Gasteiger partial charge in [0.15, 0.2) is 0 Å². The van der Waals surface area contributed by atoms with Crippen molar-refractivity contribution in [3.05, 3.63) is 88.5 Å². The van der Waals surface area contributed by atoms with E-state index in [4.69, 9.17) is 5.26 Å². The summed E-state index contributed by atoms with van der Waals surface area (Å²) in [4.78, 5) is 28.6. The molecular weight excluding hydrogens is 328 g/mol. The van der Waals surface area contributed by atoms with Crippen molar-refractivity contribution in [1.82, 2.24) is 14.9 Å². The summed E-state index contributed by atoms with van der Waals surface area (Å²) in [6.07, 6.45) is 1.48. The van der Waals surface area contributed by atoms with E-state index in [2.05, 4.69) is 10.3 Å². The number of amides is 1. The molecule has 3 rings (SSSR count). The van der Waals surface area contributed by atoms with Crippen molar-refractivity contribution in [2.45, 2.75) is 6.54 Å². The quantitative estimate of drug-likeness (QED) is 0.769. The van der Waals surface area contributed by atoms with Gasteiger partial charge in [-0.05, 0) is 18.2 Å². The van der Waals surface area contributed by atoms with Crippen LogP contribution in [0.2, 0.25) is 0 Å². The summed E-state index contributed by atoms with van der Waals surface area (Å²) >= 11 is 0. The van der Waals surface area contributed by atoms with E-state index in [-0.39, 0.29) is 18.0 Å². The molecule has 1 heterocycles. The van der Waals surface area contributed by atoms with Crippen molar-refractivity contribution >= 4 is 5.91 Å². The third-order valence-corrected chi connectivity index (χ3v) is 3.84. The highest BCUT2D eigenvalue weighted by molar-refractivity contribution is 5.94. The van der Waals surface area contributed by atoms with Crippen molar-refractivity contribution in [3.63, 3.8) is 0 Å². The van der Waals surface area contributed by atoms with E-state index >= 15 is 0 Å². The molecule has 6 nitrogen and oxygen atoms in total. The van der Waals surface area contributed by atoms with Gasteiger partial charge in [0, 0.05) is 30.3 Å². The average molecular weight is 344 g/mol. The van der Waals surface area contributed by atoms with Crippen LogP contribution in [0.5, 0.6) is 0 Å². The summed E-state index contributed by atoms with van der Waals surface area (Å²) in [5.41, 5.74) is 2.15. The maximum Gasteiger partial charge on any atom is 0.253 e. The maximum atomic E-state index is 12.2. The van der Waals surface area contributed by atoms with Gasteiger partial charge >= 0.3 is 0 Å². The number of rotatable bonds is 5. The van der Waals surface area contributed by atoms with E-state index in [0.717, 1.165) is 5.56 Å².